The van der Waals surface area contributed by atoms with Crippen LogP contribution in [0.1, 0.15) is 62.9 Å². The van der Waals surface area contributed by atoms with Crippen molar-refractivity contribution in [1.82, 2.24) is 5.32 Å². The molecule has 0 amide bonds. The second kappa shape index (κ2) is 6.40. The molecule has 2 rings (SSSR count). The first-order chi connectivity index (χ1) is 8.56. The molecule has 1 N–H and O–H groups in total. The Morgan fingerprint density at radius 2 is 2.17 bits per heavy atom. The summed E-state index contributed by atoms with van der Waals surface area (Å²) in [5, 5.41) is 3.79. The second-order valence-corrected chi connectivity index (χ2v) is 7.68. The first-order valence-corrected chi connectivity index (χ1v) is 8.30. The molecule has 1 aromatic heterocycles. The first-order valence-electron chi connectivity index (χ1n) is 7.10. The van der Waals surface area contributed by atoms with E-state index in [-0.39, 0.29) is 0 Å². The summed E-state index contributed by atoms with van der Waals surface area (Å²) in [7, 11) is 0. The van der Waals surface area contributed by atoms with Crippen molar-refractivity contribution in [2.45, 2.75) is 65.0 Å². The number of aryl methyl sites for hydroxylation is 1. The van der Waals surface area contributed by atoms with E-state index in [0.717, 1.165) is 10.3 Å². The van der Waals surface area contributed by atoms with E-state index < -0.39 is 0 Å². The summed E-state index contributed by atoms with van der Waals surface area (Å²) in [6.45, 7) is 6.90. The minimum absolute atomic E-state index is 0.527. The maximum atomic E-state index is 6.15. The van der Waals surface area contributed by atoms with Crippen molar-refractivity contribution in [2.75, 3.05) is 0 Å². The fourth-order valence-electron chi connectivity index (χ4n) is 2.70. The van der Waals surface area contributed by atoms with Crippen LogP contribution in [0.15, 0.2) is 6.07 Å². The molecule has 18 heavy (non-hydrogen) atoms. The van der Waals surface area contributed by atoms with Crippen molar-refractivity contribution in [3.8, 4) is 0 Å². The number of rotatable bonds is 5. The molecule has 0 bridgehead atoms. The van der Waals surface area contributed by atoms with Gasteiger partial charge in [0.25, 0.3) is 0 Å². The monoisotopic (exact) mass is 285 g/mol. The van der Waals surface area contributed by atoms with Crippen molar-refractivity contribution in [1.29, 1.82) is 0 Å². The molecule has 0 saturated heterocycles. The second-order valence-electron chi connectivity index (χ2n) is 5.91. The molecule has 0 radical (unpaired) electrons. The third-order valence-electron chi connectivity index (χ3n) is 3.75. The van der Waals surface area contributed by atoms with E-state index in [2.05, 4.69) is 32.2 Å². The molecule has 0 fully saturated rings. The molecule has 1 heterocycles. The number of hydrogen-bond donors (Lipinski definition) is 1. The Morgan fingerprint density at radius 1 is 1.39 bits per heavy atom. The molecule has 0 spiro atoms. The summed E-state index contributed by atoms with van der Waals surface area (Å²) in [5.74, 6) is 0.798. The van der Waals surface area contributed by atoms with Gasteiger partial charge in [0.2, 0.25) is 0 Å². The van der Waals surface area contributed by atoms with Gasteiger partial charge < -0.3 is 5.32 Å². The predicted molar refractivity (Wildman–Crippen MR) is 81.7 cm³/mol. The van der Waals surface area contributed by atoms with E-state index in [1.165, 1.54) is 42.5 Å². The van der Waals surface area contributed by atoms with Gasteiger partial charge in [-0.1, -0.05) is 25.4 Å². The summed E-state index contributed by atoms with van der Waals surface area (Å²) in [6.07, 6.45) is 6.33. The van der Waals surface area contributed by atoms with Gasteiger partial charge in [-0.3, -0.25) is 0 Å². The lowest BCUT2D eigenvalue weighted by Gasteiger charge is -2.27. The van der Waals surface area contributed by atoms with Crippen LogP contribution in [0.2, 0.25) is 4.34 Å². The normalized spacial score (nSPS) is 21.1. The topological polar surface area (TPSA) is 12.0 Å². The Balaban J connectivity index is 1.94. The van der Waals surface area contributed by atoms with Gasteiger partial charge in [0.1, 0.15) is 0 Å². The zero-order valence-corrected chi connectivity index (χ0v) is 13.2. The molecular formula is C15H24ClNS. The van der Waals surface area contributed by atoms with Gasteiger partial charge in [-0.05, 0) is 56.6 Å². The standard InChI is InChI=1S/C15H24ClNS/c1-10(2)7-8-11(3)17-13-5-4-6-14-12(13)9-15(16)18-14/h9-11,13,17H,4-8H2,1-3H3. The van der Waals surface area contributed by atoms with Crippen LogP contribution < -0.4 is 5.32 Å². The molecule has 0 saturated carbocycles. The maximum absolute atomic E-state index is 6.15. The van der Waals surface area contributed by atoms with Gasteiger partial charge in [0, 0.05) is 17.0 Å². The van der Waals surface area contributed by atoms with Gasteiger partial charge in [-0.25, -0.2) is 0 Å². The highest BCUT2D eigenvalue weighted by molar-refractivity contribution is 7.16. The predicted octanol–water partition coefficient (Wildman–Crippen LogP) is 5.19. The fourth-order valence-corrected chi connectivity index (χ4v) is 4.09. The Kier molecular flexibility index (Phi) is 5.11. The van der Waals surface area contributed by atoms with Crippen LogP contribution in [0, 0.1) is 5.92 Å². The lowest BCUT2D eigenvalue weighted by molar-refractivity contribution is 0.377. The molecule has 0 aromatic carbocycles. The highest BCUT2D eigenvalue weighted by atomic mass is 35.5. The quantitative estimate of drug-likeness (QED) is 0.785. The third kappa shape index (κ3) is 3.72. The molecule has 102 valence electrons. The molecule has 0 aliphatic heterocycles. The minimum Gasteiger partial charge on any atom is -0.307 e. The first kappa shape index (κ1) is 14.4. The highest BCUT2D eigenvalue weighted by Gasteiger charge is 2.23. The van der Waals surface area contributed by atoms with Gasteiger partial charge >= 0.3 is 0 Å². The Hall–Kier alpha value is -0.0500. The van der Waals surface area contributed by atoms with Gasteiger partial charge in [0.05, 0.1) is 4.34 Å². The van der Waals surface area contributed by atoms with Gasteiger partial charge in [0.15, 0.2) is 0 Å². The van der Waals surface area contributed by atoms with E-state index in [1.807, 2.05) is 0 Å². The van der Waals surface area contributed by atoms with Crippen LogP contribution >= 0.6 is 22.9 Å². The Labute approximate surface area is 120 Å². The molecule has 1 aliphatic rings. The van der Waals surface area contributed by atoms with Gasteiger partial charge in [-0.15, -0.1) is 11.3 Å². The number of hydrogen-bond acceptors (Lipinski definition) is 2. The van der Waals surface area contributed by atoms with E-state index in [4.69, 9.17) is 11.6 Å². The van der Waals surface area contributed by atoms with Crippen molar-refractivity contribution in [2.24, 2.45) is 5.92 Å². The summed E-state index contributed by atoms with van der Waals surface area (Å²) >= 11 is 7.91. The van der Waals surface area contributed by atoms with Crippen molar-refractivity contribution < 1.29 is 0 Å². The summed E-state index contributed by atoms with van der Waals surface area (Å²) in [6, 6.07) is 3.30. The Morgan fingerprint density at radius 3 is 2.89 bits per heavy atom. The summed E-state index contributed by atoms with van der Waals surface area (Å²) in [5.41, 5.74) is 1.47. The average molecular weight is 286 g/mol. The molecule has 2 unspecified atom stereocenters. The molecular weight excluding hydrogens is 262 g/mol. The number of thiophene rings is 1. The SMILES string of the molecule is CC(C)CCC(C)NC1CCCc2sc(Cl)cc21. The lowest BCUT2D eigenvalue weighted by atomic mass is 9.93. The lowest BCUT2D eigenvalue weighted by Crippen LogP contribution is -2.32. The Bertz CT molecular complexity index is 386. The van der Waals surface area contributed by atoms with Crippen molar-refractivity contribution in [3.05, 3.63) is 20.8 Å². The smallest absolute Gasteiger partial charge is 0.0934 e. The van der Waals surface area contributed by atoms with Crippen LogP contribution in [-0.2, 0) is 6.42 Å². The van der Waals surface area contributed by atoms with E-state index in [9.17, 15) is 0 Å². The van der Waals surface area contributed by atoms with Crippen molar-refractivity contribution in [3.63, 3.8) is 0 Å². The largest absolute Gasteiger partial charge is 0.307 e. The zero-order valence-electron chi connectivity index (χ0n) is 11.6. The molecule has 1 aliphatic carbocycles. The summed E-state index contributed by atoms with van der Waals surface area (Å²) in [4.78, 5) is 1.50. The zero-order chi connectivity index (χ0) is 13.1. The van der Waals surface area contributed by atoms with E-state index in [0.29, 0.717) is 12.1 Å². The van der Waals surface area contributed by atoms with Crippen LogP contribution in [0.3, 0.4) is 0 Å². The third-order valence-corrected chi connectivity index (χ3v) is 5.09. The minimum atomic E-state index is 0.527. The molecule has 2 atom stereocenters. The molecule has 3 heteroatoms. The van der Waals surface area contributed by atoms with E-state index in [1.54, 1.807) is 11.3 Å². The molecule has 1 nitrogen and oxygen atoms in total. The van der Waals surface area contributed by atoms with Crippen LogP contribution in [-0.4, -0.2) is 6.04 Å². The number of nitrogens with one attached hydrogen (secondary N) is 1. The molecule has 1 aromatic rings. The highest BCUT2D eigenvalue weighted by Crippen LogP contribution is 2.38. The van der Waals surface area contributed by atoms with Crippen LogP contribution in [0.25, 0.3) is 0 Å². The maximum Gasteiger partial charge on any atom is 0.0934 e. The van der Waals surface area contributed by atoms with E-state index >= 15 is 0 Å². The average Bonchev–Trinajstić information content (AvgIpc) is 2.68. The van der Waals surface area contributed by atoms with Crippen molar-refractivity contribution >= 4 is 22.9 Å². The van der Waals surface area contributed by atoms with Crippen LogP contribution in [0.5, 0.6) is 0 Å². The van der Waals surface area contributed by atoms with Gasteiger partial charge in [-0.2, -0.15) is 0 Å². The summed E-state index contributed by atoms with van der Waals surface area (Å²) < 4.78 is 0.948. The number of fused-ring (bicyclic) bond motifs is 1. The number of halogens is 1. The van der Waals surface area contributed by atoms with Crippen LogP contribution in [0.4, 0.5) is 0 Å². The fraction of sp³-hybridized carbons (Fsp3) is 0.733.